The lowest BCUT2D eigenvalue weighted by Crippen LogP contribution is -2.57. The molecular weight excluding hydrogens is 328 g/mol. The molecule has 1 atom stereocenters. The van der Waals surface area contributed by atoms with Crippen LogP contribution in [0, 0.1) is 0 Å². The zero-order valence-corrected chi connectivity index (χ0v) is 14.9. The molecule has 0 aromatic heterocycles. The summed E-state index contributed by atoms with van der Waals surface area (Å²) < 4.78 is 34.3. The van der Waals surface area contributed by atoms with Gasteiger partial charge in [-0.05, 0) is 31.2 Å². The molecule has 0 bridgehead atoms. The number of aliphatic hydroxyl groups excluding tert-OH is 1. The molecule has 7 heteroatoms. The van der Waals surface area contributed by atoms with Crippen molar-refractivity contribution in [3.05, 3.63) is 35.9 Å². The molecule has 24 heavy (non-hydrogen) atoms. The van der Waals surface area contributed by atoms with E-state index in [-0.39, 0.29) is 0 Å². The van der Waals surface area contributed by atoms with E-state index in [1.807, 2.05) is 30.3 Å². The van der Waals surface area contributed by atoms with Crippen LogP contribution in [0.15, 0.2) is 30.3 Å². The Morgan fingerprint density at radius 1 is 1.29 bits per heavy atom. The van der Waals surface area contributed by atoms with Crippen LogP contribution in [0.1, 0.15) is 31.2 Å². The maximum atomic E-state index is 12.8. The number of ether oxygens (including phenoxy) is 1. The van der Waals surface area contributed by atoms with E-state index in [2.05, 4.69) is 0 Å². The van der Waals surface area contributed by atoms with Gasteiger partial charge in [0.1, 0.15) is 0 Å². The molecule has 2 aliphatic rings. The predicted molar refractivity (Wildman–Crippen MR) is 91.6 cm³/mol. The van der Waals surface area contributed by atoms with Gasteiger partial charge in [-0.1, -0.05) is 30.3 Å². The summed E-state index contributed by atoms with van der Waals surface area (Å²) in [6.07, 6.45) is 2.21. The molecule has 0 aliphatic carbocycles. The SMILES string of the molecule is CN(Cc1ccccc1)S(=O)(=O)N1CCC2(CC1)OCCC[C@@H]2O. The summed E-state index contributed by atoms with van der Waals surface area (Å²) in [5.41, 5.74) is 0.408. The van der Waals surface area contributed by atoms with E-state index < -0.39 is 21.9 Å². The lowest BCUT2D eigenvalue weighted by Gasteiger charge is -2.46. The van der Waals surface area contributed by atoms with E-state index in [9.17, 15) is 13.5 Å². The molecule has 1 spiro atoms. The Bertz CT molecular complexity index is 642. The Morgan fingerprint density at radius 3 is 2.58 bits per heavy atom. The van der Waals surface area contributed by atoms with Gasteiger partial charge in [0.15, 0.2) is 0 Å². The summed E-state index contributed by atoms with van der Waals surface area (Å²) in [5, 5.41) is 10.3. The minimum absolute atomic E-state index is 0.351. The predicted octanol–water partition coefficient (Wildman–Crippen LogP) is 1.37. The maximum absolute atomic E-state index is 12.8. The van der Waals surface area contributed by atoms with E-state index in [1.54, 1.807) is 7.05 Å². The Balaban J connectivity index is 1.64. The second kappa shape index (κ2) is 7.09. The van der Waals surface area contributed by atoms with Gasteiger partial charge >= 0.3 is 0 Å². The van der Waals surface area contributed by atoms with E-state index in [1.165, 1.54) is 8.61 Å². The average molecular weight is 354 g/mol. The number of hydrogen-bond donors (Lipinski definition) is 1. The molecule has 0 unspecified atom stereocenters. The lowest BCUT2D eigenvalue weighted by molar-refractivity contribution is -0.172. The van der Waals surface area contributed by atoms with E-state index in [0.29, 0.717) is 39.1 Å². The maximum Gasteiger partial charge on any atom is 0.282 e. The quantitative estimate of drug-likeness (QED) is 0.887. The summed E-state index contributed by atoms with van der Waals surface area (Å²) >= 11 is 0. The molecule has 0 saturated carbocycles. The molecule has 2 saturated heterocycles. The Labute approximate surface area is 144 Å². The molecular formula is C17H26N2O4S. The number of benzene rings is 1. The van der Waals surface area contributed by atoms with Crippen LogP contribution in [0.25, 0.3) is 0 Å². The first-order valence-electron chi connectivity index (χ1n) is 8.51. The molecule has 1 aromatic rings. The smallest absolute Gasteiger partial charge is 0.282 e. The fraction of sp³-hybridized carbons (Fsp3) is 0.647. The van der Waals surface area contributed by atoms with Gasteiger partial charge in [0.05, 0.1) is 11.7 Å². The minimum atomic E-state index is -3.50. The summed E-state index contributed by atoms with van der Waals surface area (Å²) in [6, 6.07) is 9.56. The summed E-state index contributed by atoms with van der Waals surface area (Å²) in [5.74, 6) is 0. The van der Waals surface area contributed by atoms with Gasteiger partial charge < -0.3 is 9.84 Å². The van der Waals surface area contributed by atoms with Crippen LogP contribution >= 0.6 is 0 Å². The third kappa shape index (κ3) is 3.50. The Morgan fingerprint density at radius 2 is 1.96 bits per heavy atom. The van der Waals surface area contributed by atoms with Gasteiger partial charge in [-0.15, -0.1) is 0 Å². The number of rotatable bonds is 4. The van der Waals surface area contributed by atoms with Crippen molar-refractivity contribution in [1.82, 2.24) is 8.61 Å². The molecule has 0 amide bonds. The minimum Gasteiger partial charge on any atom is -0.390 e. The fourth-order valence-corrected chi connectivity index (χ4v) is 4.95. The van der Waals surface area contributed by atoms with Crippen LogP contribution < -0.4 is 0 Å². The Kier molecular flexibility index (Phi) is 5.27. The number of hydrogen-bond acceptors (Lipinski definition) is 4. The van der Waals surface area contributed by atoms with Crippen molar-refractivity contribution in [2.24, 2.45) is 0 Å². The van der Waals surface area contributed by atoms with Crippen molar-refractivity contribution in [3.8, 4) is 0 Å². The van der Waals surface area contributed by atoms with Crippen molar-refractivity contribution in [1.29, 1.82) is 0 Å². The third-order valence-corrected chi connectivity index (χ3v) is 7.09. The van der Waals surface area contributed by atoms with Gasteiger partial charge in [-0.25, -0.2) is 0 Å². The Hall–Kier alpha value is -0.990. The molecule has 134 valence electrons. The second-order valence-electron chi connectivity index (χ2n) is 6.72. The van der Waals surface area contributed by atoms with Crippen molar-refractivity contribution in [2.75, 3.05) is 26.7 Å². The van der Waals surface area contributed by atoms with Crippen molar-refractivity contribution >= 4 is 10.2 Å². The third-order valence-electron chi connectivity index (χ3n) is 5.16. The van der Waals surface area contributed by atoms with Gasteiger partial charge in [-0.2, -0.15) is 17.0 Å². The van der Waals surface area contributed by atoms with Crippen LogP contribution in [0.5, 0.6) is 0 Å². The largest absolute Gasteiger partial charge is 0.390 e. The molecule has 1 aromatic carbocycles. The summed E-state index contributed by atoms with van der Waals surface area (Å²) in [6.45, 7) is 1.78. The number of piperidine rings is 1. The van der Waals surface area contributed by atoms with Gasteiger partial charge in [0, 0.05) is 33.3 Å². The number of nitrogens with zero attached hydrogens (tertiary/aromatic N) is 2. The summed E-state index contributed by atoms with van der Waals surface area (Å²) in [4.78, 5) is 0. The highest BCUT2D eigenvalue weighted by Gasteiger charge is 2.46. The van der Waals surface area contributed by atoms with Crippen LogP contribution in [-0.4, -0.2) is 60.6 Å². The lowest BCUT2D eigenvalue weighted by atomic mass is 9.82. The van der Waals surface area contributed by atoms with E-state index in [4.69, 9.17) is 4.74 Å². The highest BCUT2D eigenvalue weighted by atomic mass is 32.2. The molecule has 3 rings (SSSR count). The zero-order valence-electron chi connectivity index (χ0n) is 14.1. The summed E-state index contributed by atoms with van der Waals surface area (Å²) in [7, 11) is -1.89. The highest BCUT2D eigenvalue weighted by molar-refractivity contribution is 7.86. The van der Waals surface area contributed by atoms with Gasteiger partial charge in [-0.3, -0.25) is 0 Å². The first kappa shape index (κ1) is 17.8. The second-order valence-corrected chi connectivity index (χ2v) is 8.76. The molecule has 1 N–H and O–H groups in total. The molecule has 0 radical (unpaired) electrons. The van der Waals surface area contributed by atoms with E-state index in [0.717, 1.165) is 18.4 Å². The molecule has 6 nitrogen and oxygen atoms in total. The standard InChI is InChI=1S/C17H26N2O4S/c1-18(14-15-6-3-2-4-7-15)24(21,22)19-11-9-17(10-12-19)16(20)8-5-13-23-17/h2-4,6-7,16,20H,5,8-14H2,1H3/t16-/m0/s1. The number of aliphatic hydroxyl groups is 1. The van der Waals surface area contributed by atoms with Crippen molar-refractivity contribution in [2.45, 2.75) is 43.9 Å². The first-order chi connectivity index (χ1) is 11.4. The van der Waals surface area contributed by atoms with E-state index >= 15 is 0 Å². The highest BCUT2D eigenvalue weighted by Crippen LogP contribution is 2.36. The molecule has 2 heterocycles. The average Bonchev–Trinajstić information content (AvgIpc) is 2.59. The molecule has 2 fully saturated rings. The van der Waals surface area contributed by atoms with Crippen molar-refractivity contribution < 1.29 is 18.3 Å². The van der Waals surface area contributed by atoms with Crippen molar-refractivity contribution in [3.63, 3.8) is 0 Å². The van der Waals surface area contributed by atoms with Gasteiger partial charge in [0.25, 0.3) is 10.2 Å². The van der Waals surface area contributed by atoms with Crippen LogP contribution in [-0.2, 0) is 21.5 Å². The van der Waals surface area contributed by atoms with Gasteiger partial charge in [0.2, 0.25) is 0 Å². The first-order valence-corrected chi connectivity index (χ1v) is 9.91. The topological polar surface area (TPSA) is 70.1 Å². The normalized spacial score (nSPS) is 25.2. The monoisotopic (exact) mass is 354 g/mol. The molecule has 2 aliphatic heterocycles. The van der Waals surface area contributed by atoms with Crippen LogP contribution in [0.2, 0.25) is 0 Å². The fourth-order valence-electron chi connectivity index (χ4n) is 3.60. The van der Waals surface area contributed by atoms with Crippen LogP contribution in [0.4, 0.5) is 0 Å². The van der Waals surface area contributed by atoms with Crippen LogP contribution in [0.3, 0.4) is 0 Å². The zero-order chi connectivity index (χ0) is 17.2.